The quantitative estimate of drug-likeness (QED) is 0.564. The molecule has 1 amide bonds. The van der Waals surface area contributed by atoms with E-state index in [4.69, 9.17) is 4.74 Å². The molecule has 0 atom stereocenters. The third kappa shape index (κ3) is 5.03. The molecule has 4 nitrogen and oxygen atoms in total. The van der Waals surface area contributed by atoms with E-state index in [2.05, 4.69) is 4.90 Å². The Kier molecular flexibility index (Phi) is 6.93. The van der Waals surface area contributed by atoms with Crippen LogP contribution in [0.2, 0.25) is 0 Å². The zero-order valence-corrected chi connectivity index (χ0v) is 18.0. The first-order valence-electron chi connectivity index (χ1n) is 10.7. The molecule has 1 aliphatic heterocycles. The van der Waals surface area contributed by atoms with E-state index in [1.807, 2.05) is 29.2 Å². The number of hydrogen-bond acceptors (Lipinski definition) is 3. The Morgan fingerprint density at radius 1 is 0.812 bits per heavy atom. The minimum atomic E-state index is -0.293. The van der Waals surface area contributed by atoms with Gasteiger partial charge < -0.3 is 9.64 Å². The summed E-state index contributed by atoms with van der Waals surface area (Å²) in [5, 5.41) is 0. The number of hydrogen-bond donors (Lipinski definition) is 0. The van der Waals surface area contributed by atoms with Crippen molar-refractivity contribution in [2.75, 3.05) is 33.3 Å². The molecule has 1 fully saturated rings. The Hall–Kier alpha value is -3.09. The minimum Gasteiger partial charge on any atom is -0.380 e. The standard InChI is InChI=1S/C26H26F2N2O2/c1-32-18-19-2-4-22(5-3-19)26(31)30-16-14-29(15-17-30)25(20-6-10-23(27)11-7-20)21-8-12-24(28)13-9-21/h2-13,25H,14-18H2,1H3. The number of rotatable bonds is 6. The van der Waals surface area contributed by atoms with Crippen LogP contribution in [-0.4, -0.2) is 49.0 Å². The molecule has 1 saturated heterocycles. The fourth-order valence-corrected chi connectivity index (χ4v) is 4.18. The second-order valence-corrected chi connectivity index (χ2v) is 7.96. The summed E-state index contributed by atoms with van der Waals surface area (Å²) < 4.78 is 32.1. The van der Waals surface area contributed by atoms with Crippen LogP contribution >= 0.6 is 0 Å². The molecule has 6 heteroatoms. The number of nitrogens with zero attached hydrogens (tertiary/aromatic N) is 2. The number of halogens is 2. The lowest BCUT2D eigenvalue weighted by Gasteiger charge is -2.39. The molecular weight excluding hydrogens is 410 g/mol. The highest BCUT2D eigenvalue weighted by molar-refractivity contribution is 5.94. The van der Waals surface area contributed by atoms with Crippen molar-refractivity contribution >= 4 is 5.91 Å². The van der Waals surface area contributed by atoms with Crippen molar-refractivity contribution in [1.82, 2.24) is 9.80 Å². The summed E-state index contributed by atoms with van der Waals surface area (Å²) in [6.45, 7) is 3.00. The van der Waals surface area contributed by atoms with Gasteiger partial charge in [-0.05, 0) is 53.1 Å². The molecule has 4 rings (SSSR count). The third-order valence-electron chi connectivity index (χ3n) is 5.85. The summed E-state index contributed by atoms with van der Waals surface area (Å²) in [4.78, 5) is 17.1. The van der Waals surface area contributed by atoms with E-state index in [0.717, 1.165) is 16.7 Å². The van der Waals surface area contributed by atoms with E-state index in [1.54, 1.807) is 31.4 Å². The summed E-state index contributed by atoms with van der Waals surface area (Å²) >= 11 is 0. The second kappa shape index (κ2) is 10.0. The molecular formula is C26H26F2N2O2. The molecule has 1 heterocycles. The van der Waals surface area contributed by atoms with Gasteiger partial charge in [0, 0.05) is 38.9 Å². The van der Waals surface area contributed by atoms with Crippen molar-refractivity contribution in [3.05, 3.63) is 107 Å². The predicted octanol–water partition coefficient (Wildman–Crippen LogP) is 4.66. The zero-order valence-electron chi connectivity index (χ0n) is 18.0. The summed E-state index contributed by atoms with van der Waals surface area (Å²) in [5.74, 6) is -0.578. The lowest BCUT2D eigenvalue weighted by Crippen LogP contribution is -2.49. The first-order chi connectivity index (χ1) is 15.5. The maximum Gasteiger partial charge on any atom is 0.253 e. The van der Waals surface area contributed by atoms with Crippen molar-refractivity contribution in [3.63, 3.8) is 0 Å². The fourth-order valence-electron chi connectivity index (χ4n) is 4.18. The van der Waals surface area contributed by atoms with Gasteiger partial charge >= 0.3 is 0 Å². The van der Waals surface area contributed by atoms with E-state index in [1.165, 1.54) is 24.3 Å². The Balaban J connectivity index is 1.49. The smallest absolute Gasteiger partial charge is 0.253 e. The summed E-state index contributed by atoms with van der Waals surface area (Å²) in [7, 11) is 1.64. The number of carbonyl (C=O) groups is 1. The van der Waals surface area contributed by atoms with Crippen LogP contribution in [0.3, 0.4) is 0 Å². The molecule has 3 aromatic carbocycles. The van der Waals surface area contributed by atoms with Gasteiger partial charge in [0.15, 0.2) is 0 Å². The van der Waals surface area contributed by atoms with Gasteiger partial charge in [-0.3, -0.25) is 9.69 Å². The molecule has 0 N–H and O–H groups in total. The van der Waals surface area contributed by atoms with Crippen molar-refractivity contribution in [2.24, 2.45) is 0 Å². The van der Waals surface area contributed by atoms with Crippen LogP contribution in [0.5, 0.6) is 0 Å². The number of piperazine rings is 1. The molecule has 32 heavy (non-hydrogen) atoms. The second-order valence-electron chi connectivity index (χ2n) is 7.96. The highest BCUT2D eigenvalue weighted by Gasteiger charge is 2.28. The molecule has 0 saturated carbocycles. The van der Waals surface area contributed by atoms with Crippen molar-refractivity contribution < 1.29 is 18.3 Å². The Morgan fingerprint density at radius 2 is 1.31 bits per heavy atom. The van der Waals surface area contributed by atoms with E-state index < -0.39 is 0 Å². The predicted molar refractivity (Wildman–Crippen MR) is 119 cm³/mol. The van der Waals surface area contributed by atoms with Crippen LogP contribution in [-0.2, 0) is 11.3 Å². The van der Waals surface area contributed by atoms with E-state index >= 15 is 0 Å². The largest absolute Gasteiger partial charge is 0.380 e. The number of amides is 1. The molecule has 0 aliphatic carbocycles. The average Bonchev–Trinajstić information content (AvgIpc) is 2.82. The third-order valence-corrected chi connectivity index (χ3v) is 5.85. The monoisotopic (exact) mass is 436 g/mol. The zero-order chi connectivity index (χ0) is 22.5. The van der Waals surface area contributed by atoms with Crippen LogP contribution in [0.25, 0.3) is 0 Å². The molecule has 0 unspecified atom stereocenters. The molecule has 3 aromatic rings. The normalized spacial score (nSPS) is 14.7. The van der Waals surface area contributed by atoms with E-state index in [0.29, 0.717) is 38.3 Å². The van der Waals surface area contributed by atoms with Crippen molar-refractivity contribution in [1.29, 1.82) is 0 Å². The SMILES string of the molecule is COCc1ccc(C(=O)N2CCN(C(c3ccc(F)cc3)c3ccc(F)cc3)CC2)cc1. The minimum absolute atomic E-state index is 0.00808. The highest BCUT2D eigenvalue weighted by Crippen LogP contribution is 2.30. The van der Waals surface area contributed by atoms with Crippen molar-refractivity contribution in [3.8, 4) is 0 Å². The summed E-state index contributed by atoms with van der Waals surface area (Å²) in [5.41, 5.74) is 3.56. The summed E-state index contributed by atoms with van der Waals surface area (Å²) in [6, 6.07) is 20.2. The molecule has 0 aromatic heterocycles. The first kappa shape index (κ1) is 22.1. The Bertz CT molecular complexity index is 983. The lowest BCUT2D eigenvalue weighted by atomic mass is 9.96. The number of methoxy groups -OCH3 is 1. The van der Waals surface area contributed by atoms with Crippen LogP contribution in [0.4, 0.5) is 8.78 Å². The van der Waals surface area contributed by atoms with Gasteiger partial charge in [0.2, 0.25) is 0 Å². The van der Waals surface area contributed by atoms with E-state index in [9.17, 15) is 13.6 Å². The number of ether oxygens (including phenoxy) is 1. The first-order valence-corrected chi connectivity index (χ1v) is 10.7. The summed E-state index contributed by atoms with van der Waals surface area (Å²) in [6.07, 6.45) is 0. The fraction of sp³-hybridized carbons (Fsp3) is 0.269. The van der Waals surface area contributed by atoms with Crippen LogP contribution < -0.4 is 0 Å². The maximum atomic E-state index is 13.5. The van der Waals surface area contributed by atoms with Gasteiger partial charge in [0.25, 0.3) is 5.91 Å². The molecule has 0 bridgehead atoms. The topological polar surface area (TPSA) is 32.8 Å². The van der Waals surface area contributed by atoms with Crippen LogP contribution in [0.1, 0.15) is 33.1 Å². The van der Waals surface area contributed by atoms with Gasteiger partial charge in [-0.25, -0.2) is 8.78 Å². The maximum absolute atomic E-state index is 13.5. The Labute approximate surface area is 187 Å². The van der Waals surface area contributed by atoms with Gasteiger partial charge in [-0.1, -0.05) is 36.4 Å². The van der Waals surface area contributed by atoms with Gasteiger partial charge in [-0.15, -0.1) is 0 Å². The van der Waals surface area contributed by atoms with Gasteiger partial charge in [0.1, 0.15) is 11.6 Å². The lowest BCUT2D eigenvalue weighted by molar-refractivity contribution is 0.0597. The van der Waals surface area contributed by atoms with Crippen LogP contribution in [0.15, 0.2) is 72.8 Å². The van der Waals surface area contributed by atoms with Crippen LogP contribution in [0, 0.1) is 11.6 Å². The molecule has 166 valence electrons. The number of benzene rings is 3. The van der Waals surface area contributed by atoms with E-state index in [-0.39, 0.29) is 23.6 Å². The molecule has 1 aliphatic rings. The average molecular weight is 437 g/mol. The molecule has 0 radical (unpaired) electrons. The van der Waals surface area contributed by atoms with Gasteiger partial charge in [0.05, 0.1) is 12.6 Å². The van der Waals surface area contributed by atoms with Crippen molar-refractivity contribution in [2.45, 2.75) is 12.6 Å². The highest BCUT2D eigenvalue weighted by atomic mass is 19.1. The van der Waals surface area contributed by atoms with Gasteiger partial charge in [-0.2, -0.15) is 0 Å². The Morgan fingerprint density at radius 3 is 1.78 bits per heavy atom. The number of carbonyl (C=O) groups excluding carboxylic acids is 1. The molecule has 0 spiro atoms.